The van der Waals surface area contributed by atoms with E-state index in [1.807, 2.05) is 0 Å². The minimum absolute atomic E-state index is 0. The Kier molecular flexibility index (Phi) is 20.2. The zero-order valence-electron chi connectivity index (χ0n) is 7.75. The Bertz CT molecular complexity index is 200. The topological polar surface area (TPSA) is 122 Å². The molecule has 0 aromatic carbocycles. The molecule has 0 heterocycles. The van der Waals surface area contributed by atoms with Crippen LogP contribution in [0.4, 0.5) is 0 Å². The number of hydrogen-bond donors (Lipinski definition) is 0. The first-order valence-corrected chi connectivity index (χ1v) is 4.79. The molecule has 0 spiro atoms. The molecule has 13 heavy (non-hydrogen) atoms. The molecule has 0 bridgehead atoms. The van der Waals surface area contributed by atoms with E-state index in [0.29, 0.717) is 7.11 Å². The monoisotopic (exact) mass is 258 g/mol. The van der Waals surface area contributed by atoms with E-state index in [4.69, 9.17) is 0 Å². The molecule has 0 aromatic heterocycles. The fourth-order valence-corrected chi connectivity index (χ4v) is 1.40. The predicted molar refractivity (Wildman–Crippen MR) is 23.3 cm³/mol. The van der Waals surface area contributed by atoms with Crippen molar-refractivity contribution in [2.45, 2.75) is 0 Å². The van der Waals surface area contributed by atoms with Crippen LogP contribution in [-0.4, -0.2) is 7.11 Å². The summed E-state index contributed by atoms with van der Waals surface area (Å²) >= 11 is 0. The van der Waals surface area contributed by atoms with Crippen LogP contribution in [0, 0.1) is 0 Å². The third-order valence-electron chi connectivity index (χ3n) is 0.424. The predicted octanol–water partition coefficient (Wildman–Crippen LogP) is -11.0. The van der Waals surface area contributed by atoms with E-state index in [-0.39, 0.29) is 88.7 Å². The standard InChI is InChI=1S/CH6O7P2.3Na/c1-7-10(5,6)8-9(2,3)4;;;/h1H3,(H,5,6)(H2,2,3,4);;;/q;3*+1/p-3. The number of phosphoric acid groups is 2. The smallest absolute Gasteiger partial charge is 0.790 e. The van der Waals surface area contributed by atoms with Gasteiger partial charge in [-0.2, -0.15) is 0 Å². The van der Waals surface area contributed by atoms with Crippen LogP contribution in [0.5, 0.6) is 0 Å². The Morgan fingerprint density at radius 2 is 1.31 bits per heavy atom. The summed E-state index contributed by atoms with van der Waals surface area (Å²) in [5.74, 6) is 0. The van der Waals surface area contributed by atoms with Crippen molar-refractivity contribution in [3.8, 4) is 0 Å². The molecule has 1 unspecified atom stereocenters. The first kappa shape index (κ1) is 25.2. The number of rotatable bonds is 3. The Labute approximate surface area is 142 Å². The largest absolute Gasteiger partial charge is 1.00 e. The molecule has 0 N–H and O–H groups in total. The van der Waals surface area contributed by atoms with E-state index in [9.17, 15) is 23.8 Å². The second kappa shape index (κ2) is 10.4. The first-order chi connectivity index (χ1) is 4.27. The summed E-state index contributed by atoms with van der Waals surface area (Å²) in [4.78, 5) is 29.2. The molecule has 0 aromatic rings. The average Bonchev–Trinajstić information content (AvgIpc) is 1.60. The van der Waals surface area contributed by atoms with Crippen molar-refractivity contribution in [3.05, 3.63) is 0 Å². The fraction of sp³-hybridized carbons (Fsp3) is 1.00. The SMILES string of the molecule is COP(=O)([O-])OP(=O)([O-])[O-].[Na+].[Na+].[Na+]. The molecule has 62 valence electrons. The van der Waals surface area contributed by atoms with Gasteiger partial charge in [-0.3, -0.25) is 8.88 Å². The van der Waals surface area contributed by atoms with E-state index in [0.717, 1.165) is 0 Å². The van der Waals surface area contributed by atoms with Crippen molar-refractivity contribution in [2.75, 3.05) is 7.11 Å². The van der Waals surface area contributed by atoms with Crippen LogP contribution in [-0.2, 0) is 18.0 Å². The van der Waals surface area contributed by atoms with Gasteiger partial charge >= 0.3 is 88.7 Å². The summed E-state index contributed by atoms with van der Waals surface area (Å²) in [6.45, 7) is 0. The summed E-state index contributed by atoms with van der Waals surface area (Å²) in [6, 6.07) is 0. The Morgan fingerprint density at radius 1 is 1.00 bits per heavy atom. The van der Waals surface area contributed by atoms with Crippen molar-refractivity contribution >= 4 is 15.6 Å². The molecular weight excluding hydrogens is 255 g/mol. The first-order valence-electron chi connectivity index (χ1n) is 1.87. The molecule has 0 aliphatic heterocycles. The Hall–Kier alpha value is 3.26. The van der Waals surface area contributed by atoms with Gasteiger partial charge in [0.2, 0.25) is 0 Å². The van der Waals surface area contributed by atoms with Crippen molar-refractivity contribution in [1.29, 1.82) is 0 Å². The van der Waals surface area contributed by atoms with Gasteiger partial charge in [-0.05, 0) is 0 Å². The zero-order chi connectivity index (χ0) is 8.41. The molecule has 0 saturated heterocycles. The van der Waals surface area contributed by atoms with Crippen molar-refractivity contribution < 1.29 is 121 Å². The average molecular weight is 258 g/mol. The zero-order valence-corrected chi connectivity index (χ0v) is 15.5. The maximum atomic E-state index is 10.0. The van der Waals surface area contributed by atoms with Gasteiger partial charge in [0.15, 0.2) is 0 Å². The maximum absolute atomic E-state index is 10.0. The normalized spacial score (nSPS) is 14.2. The van der Waals surface area contributed by atoms with Crippen LogP contribution in [0.3, 0.4) is 0 Å². The van der Waals surface area contributed by atoms with Gasteiger partial charge in [0.1, 0.15) is 0 Å². The Morgan fingerprint density at radius 3 is 1.38 bits per heavy atom. The second-order valence-electron chi connectivity index (χ2n) is 1.16. The second-order valence-corrected chi connectivity index (χ2v) is 3.97. The maximum Gasteiger partial charge on any atom is 1.00 e. The molecule has 0 aliphatic rings. The van der Waals surface area contributed by atoms with Crippen LogP contribution < -0.4 is 103 Å². The van der Waals surface area contributed by atoms with Gasteiger partial charge in [-0.1, -0.05) is 0 Å². The summed E-state index contributed by atoms with van der Waals surface area (Å²) in [5, 5.41) is 0. The van der Waals surface area contributed by atoms with Gasteiger partial charge in [0.05, 0.1) is 7.82 Å². The molecule has 1 atom stereocenters. The minimum Gasteiger partial charge on any atom is -0.790 e. The van der Waals surface area contributed by atoms with E-state index >= 15 is 0 Å². The van der Waals surface area contributed by atoms with Crippen molar-refractivity contribution in [1.82, 2.24) is 0 Å². The van der Waals surface area contributed by atoms with Crippen LogP contribution in [0.25, 0.3) is 0 Å². The van der Waals surface area contributed by atoms with Crippen LogP contribution in [0.1, 0.15) is 0 Å². The quantitative estimate of drug-likeness (QED) is 0.363. The van der Waals surface area contributed by atoms with E-state index in [1.54, 1.807) is 0 Å². The molecule has 12 heteroatoms. The van der Waals surface area contributed by atoms with E-state index in [2.05, 4.69) is 8.83 Å². The number of phosphoric ester groups is 1. The summed E-state index contributed by atoms with van der Waals surface area (Å²) in [6.07, 6.45) is 0. The molecular formula is CH3Na3O7P2. The molecule has 0 aliphatic carbocycles. The summed E-state index contributed by atoms with van der Waals surface area (Å²) in [5.41, 5.74) is 0. The van der Waals surface area contributed by atoms with Gasteiger partial charge in [0.25, 0.3) is 7.82 Å². The summed E-state index contributed by atoms with van der Waals surface area (Å²) in [7, 11) is -9.77. The third-order valence-corrected chi connectivity index (χ3v) is 2.47. The number of hydrogen-bond acceptors (Lipinski definition) is 7. The van der Waals surface area contributed by atoms with E-state index < -0.39 is 15.6 Å². The third kappa shape index (κ3) is 17.9. The van der Waals surface area contributed by atoms with Gasteiger partial charge in [0, 0.05) is 7.11 Å². The fourth-order valence-electron chi connectivity index (χ4n) is 0.156. The molecule has 0 radical (unpaired) electrons. The van der Waals surface area contributed by atoms with Crippen LogP contribution >= 0.6 is 15.6 Å². The molecule has 0 fully saturated rings. The molecule has 0 rings (SSSR count). The van der Waals surface area contributed by atoms with Gasteiger partial charge in [-0.15, -0.1) is 0 Å². The van der Waals surface area contributed by atoms with E-state index in [1.165, 1.54) is 0 Å². The van der Waals surface area contributed by atoms with Crippen LogP contribution in [0.2, 0.25) is 0 Å². The van der Waals surface area contributed by atoms with Crippen LogP contribution in [0.15, 0.2) is 0 Å². The van der Waals surface area contributed by atoms with Crippen molar-refractivity contribution in [2.24, 2.45) is 0 Å². The molecule has 7 nitrogen and oxygen atoms in total. The summed E-state index contributed by atoms with van der Waals surface area (Å²) < 4.78 is 26.1. The minimum atomic E-state index is -5.50. The molecule has 0 saturated carbocycles. The molecule has 0 amide bonds. The Balaban J connectivity index is -0.000000135. The van der Waals surface area contributed by atoms with Crippen molar-refractivity contribution in [3.63, 3.8) is 0 Å². The van der Waals surface area contributed by atoms with Gasteiger partial charge in [-0.25, -0.2) is 0 Å². The van der Waals surface area contributed by atoms with Gasteiger partial charge < -0.3 is 23.8 Å².